The average molecular weight is 487 g/mol. The van der Waals surface area contributed by atoms with Gasteiger partial charge >= 0.3 is 5.97 Å². The van der Waals surface area contributed by atoms with Crippen LogP contribution < -0.4 is 4.74 Å². The van der Waals surface area contributed by atoms with Crippen LogP contribution in [0.15, 0.2) is 48.5 Å². The number of ether oxygens (including phenoxy) is 1. The van der Waals surface area contributed by atoms with Crippen molar-refractivity contribution < 1.29 is 24.9 Å². The summed E-state index contributed by atoms with van der Waals surface area (Å²) in [6, 6.07) is 15.5. The number of carboxylic acid groups (broad SMARTS) is 1. The van der Waals surface area contributed by atoms with Crippen molar-refractivity contribution in [3.05, 3.63) is 65.2 Å². The molecule has 0 aliphatic heterocycles. The van der Waals surface area contributed by atoms with Crippen molar-refractivity contribution in [2.45, 2.75) is 75.4 Å². The van der Waals surface area contributed by atoms with E-state index in [4.69, 9.17) is 21.4 Å². The van der Waals surface area contributed by atoms with Gasteiger partial charge in [-0.3, -0.25) is 0 Å². The lowest BCUT2D eigenvalue weighted by molar-refractivity contribution is -0.139. The minimum absolute atomic E-state index is 0.0145. The van der Waals surface area contributed by atoms with E-state index in [0.717, 1.165) is 42.4 Å². The number of carbonyl (C=O) groups is 1. The first-order chi connectivity index (χ1) is 16.3. The normalized spacial score (nSPS) is 26.6. The summed E-state index contributed by atoms with van der Waals surface area (Å²) in [6.07, 6.45) is 5.66. The highest BCUT2D eigenvalue weighted by Crippen LogP contribution is 2.53. The molecule has 2 aromatic rings. The fraction of sp³-hybridized carbons (Fsp3) is 0.536. The first-order valence-corrected chi connectivity index (χ1v) is 12.8. The average Bonchev–Trinajstić information content (AvgIpc) is 3.07. The highest BCUT2D eigenvalue weighted by Gasteiger charge is 2.44. The van der Waals surface area contributed by atoms with Gasteiger partial charge in [-0.2, -0.15) is 0 Å². The first kappa shape index (κ1) is 25.0. The van der Waals surface area contributed by atoms with E-state index in [0.29, 0.717) is 18.6 Å². The van der Waals surface area contributed by atoms with Crippen LogP contribution in [0.25, 0.3) is 0 Å². The van der Waals surface area contributed by atoms with E-state index in [1.807, 2.05) is 42.5 Å². The molecule has 0 radical (unpaired) electrons. The molecule has 2 aliphatic rings. The van der Waals surface area contributed by atoms with Crippen molar-refractivity contribution in [2.24, 2.45) is 11.3 Å². The minimum atomic E-state index is -1.02. The summed E-state index contributed by atoms with van der Waals surface area (Å²) in [4.78, 5) is 10.8. The zero-order valence-electron chi connectivity index (χ0n) is 19.7. The maximum Gasteiger partial charge on any atom is 0.341 e. The van der Waals surface area contributed by atoms with E-state index < -0.39 is 18.2 Å². The number of rotatable bonds is 10. The van der Waals surface area contributed by atoms with E-state index in [1.54, 1.807) is 6.07 Å². The molecule has 34 heavy (non-hydrogen) atoms. The summed E-state index contributed by atoms with van der Waals surface area (Å²) < 4.78 is 5.32. The minimum Gasteiger partial charge on any atom is -0.482 e. The van der Waals surface area contributed by atoms with Crippen LogP contribution in [0.4, 0.5) is 0 Å². The number of aliphatic carboxylic acids is 1. The molecule has 0 heterocycles. The van der Waals surface area contributed by atoms with Gasteiger partial charge in [0.05, 0.1) is 12.2 Å². The molecule has 0 aromatic heterocycles. The third-order valence-corrected chi connectivity index (χ3v) is 8.36. The second-order valence-corrected chi connectivity index (χ2v) is 10.6. The Morgan fingerprint density at radius 1 is 1.21 bits per heavy atom. The summed E-state index contributed by atoms with van der Waals surface area (Å²) in [7, 11) is 0. The standard InChI is InChI=1S/C28H35ClO5/c1-2-11-28(12-4-13-28)27(33)20-9-7-19(8-10-20)26-22(23(29)16-24(26)30)15-18-5-3-6-21(14-18)34-17-25(31)32/h3,5-10,14,22-24,26-27,30,33H,2,4,11-13,15-17H2,1H3,(H,31,32)/t22-,23+,24+,26+,27?/m0/s1. The summed E-state index contributed by atoms with van der Waals surface area (Å²) in [5.41, 5.74) is 3.00. The van der Waals surface area contributed by atoms with Gasteiger partial charge in [-0.1, -0.05) is 56.2 Å². The summed E-state index contributed by atoms with van der Waals surface area (Å²) in [5, 5.41) is 30.7. The highest BCUT2D eigenvalue weighted by molar-refractivity contribution is 6.21. The summed E-state index contributed by atoms with van der Waals surface area (Å²) >= 11 is 6.70. The Bertz CT molecular complexity index is 971. The van der Waals surface area contributed by atoms with Crippen LogP contribution in [0.1, 0.15) is 74.2 Å². The molecule has 184 valence electrons. The number of aliphatic hydroxyl groups is 2. The van der Waals surface area contributed by atoms with Gasteiger partial charge in [0.2, 0.25) is 0 Å². The molecule has 6 heteroatoms. The van der Waals surface area contributed by atoms with Crippen molar-refractivity contribution >= 4 is 17.6 Å². The fourth-order valence-corrected chi connectivity index (χ4v) is 6.44. The zero-order chi connectivity index (χ0) is 24.3. The largest absolute Gasteiger partial charge is 0.482 e. The molecule has 4 rings (SSSR count). The van der Waals surface area contributed by atoms with Crippen molar-refractivity contribution in [3.63, 3.8) is 0 Å². The summed E-state index contributed by atoms with van der Waals surface area (Å²) in [5.74, 6) is -0.584. The van der Waals surface area contributed by atoms with Crippen LogP contribution in [0.3, 0.4) is 0 Å². The lowest BCUT2D eigenvalue weighted by Gasteiger charge is -2.46. The number of alkyl halides is 1. The topological polar surface area (TPSA) is 87.0 Å². The molecule has 0 saturated heterocycles. The van der Waals surface area contributed by atoms with E-state index in [-0.39, 0.29) is 29.2 Å². The molecular weight excluding hydrogens is 452 g/mol. The molecule has 1 unspecified atom stereocenters. The van der Waals surface area contributed by atoms with Gasteiger partial charge < -0.3 is 20.1 Å². The van der Waals surface area contributed by atoms with Gasteiger partial charge in [0.1, 0.15) is 5.75 Å². The first-order valence-electron chi connectivity index (χ1n) is 12.4. The van der Waals surface area contributed by atoms with Crippen LogP contribution in [0.2, 0.25) is 0 Å². The number of aliphatic hydroxyl groups excluding tert-OH is 2. The van der Waals surface area contributed by atoms with Crippen LogP contribution in [0, 0.1) is 11.3 Å². The number of benzene rings is 2. The van der Waals surface area contributed by atoms with Crippen molar-refractivity contribution in [2.75, 3.05) is 6.61 Å². The maximum atomic E-state index is 11.1. The Labute approximate surface area is 206 Å². The van der Waals surface area contributed by atoms with Crippen molar-refractivity contribution in [3.8, 4) is 5.75 Å². The van der Waals surface area contributed by atoms with E-state index in [1.165, 1.54) is 6.42 Å². The Kier molecular flexibility index (Phi) is 7.86. The van der Waals surface area contributed by atoms with E-state index >= 15 is 0 Å². The Morgan fingerprint density at radius 2 is 1.94 bits per heavy atom. The molecule has 5 atom stereocenters. The van der Waals surface area contributed by atoms with Gasteiger partial charge in [0, 0.05) is 16.7 Å². The number of hydrogen-bond donors (Lipinski definition) is 3. The molecule has 3 N–H and O–H groups in total. The highest BCUT2D eigenvalue weighted by atomic mass is 35.5. The second kappa shape index (κ2) is 10.7. The predicted molar refractivity (Wildman–Crippen MR) is 132 cm³/mol. The third-order valence-electron chi connectivity index (χ3n) is 7.85. The molecule has 2 aliphatic carbocycles. The monoisotopic (exact) mass is 486 g/mol. The van der Waals surface area contributed by atoms with Gasteiger partial charge in [-0.05, 0) is 66.8 Å². The Hall–Kier alpha value is -2.08. The molecule has 5 nitrogen and oxygen atoms in total. The van der Waals surface area contributed by atoms with Crippen LogP contribution in [-0.4, -0.2) is 39.4 Å². The SMILES string of the molecule is CCCC1(C(O)c2ccc([C@@H]3[C@@H](Cc4cccc(OCC(=O)O)c4)[C@H](Cl)C[C@H]3O)cc2)CCC1. The second-order valence-electron chi connectivity index (χ2n) is 10.1. The number of carboxylic acids is 1. The predicted octanol–water partition coefficient (Wildman–Crippen LogP) is 5.47. The molecule has 2 saturated carbocycles. The molecule has 0 amide bonds. The van der Waals surface area contributed by atoms with Crippen LogP contribution >= 0.6 is 11.6 Å². The van der Waals surface area contributed by atoms with E-state index in [2.05, 4.69) is 6.92 Å². The zero-order valence-corrected chi connectivity index (χ0v) is 20.5. The third kappa shape index (κ3) is 5.27. The van der Waals surface area contributed by atoms with Gasteiger partial charge in [-0.15, -0.1) is 11.6 Å². The smallest absolute Gasteiger partial charge is 0.341 e. The van der Waals surface area contributed by atoms with Crippen molar-refractivity contribution in [1.29, 1.82) is 0 Å². The van der Waals surface area contributed by atoms with Crippen molar-refractivity contribution in [1.82, 2.24) is 0 Å². The number of halogens is 1. The number of hydrogen-bond acceptors (Lipinski definition) is 4. The fourth-order valence-electron chi connectivity index (χ4n) is 6.01. The quantitative estimate of drug-likeness (QED) is 0.388. The lowest BCUT2D eigenvalue weighted by Crippen LogP contribution is -2.36. The van der Waals surface area contributed by atoms with Gasteiger partial charge in [-0.25, -0.2) is 4.79 Å². The van der Waals surface area contributed by atoms with Gasteiger partial charge in [0.25, 0.3) is 0 Å². The maximum absolute atomic E-state index is 11.1. The Balaban J connectivity index is 1.50. The van der Waals surface area contributed by atoms with Crippen LogP contribution in [0.5, 0.6) is 5.75 Å². The van der Waals surface area contributed by atoms with Crippen LogP contribution in [-0.2, 0) is 11.2 Å². The molecular formula is C28H35ClO5. The van der Waals surface area contributed by atoms with E-state index in [9.17, 15) is 15.0 Å². The van der Waals surface area contributed by atoms with Gasteiger partial charge in [0.15, 0.2) is 6.61 Å². The molecule has 0 spiro atoms. The molecule has 2 aromatic carbocycles. The molecule has 2 fully saturated rings. The Morgan fingerprint density at radius 3 is 2.56 bits per heavy atom. The summed E-state index contributed by atoms with van der Waals surface area (Å²) in [6.45, 7) is 1.79. The molecule has 0 bridgehead atoms. The lowest BCUT2D eigenvalue weighted by atomic mass is 9.61.